The minimum absolute atomic E-state index is 0.253. The van der Waals surface area contributed by atoms with Gasteiger partial charge in [0.1, 0.15) is 11.6 Å². The van der Waals surface area contributed by atoms with Gasteiger partial charge in [0.2, 0.25) is 0 Å². The van der Waals surface area contributed by atoms with Crippen LogP contribution in [0.1, 0.15) is 19.3 Å². The van der Waals surface area contributed by atoms with Gasteiger partial charge in [0, 0.05) is 6.07 Å². The van der Waals surface area contributed by atoms with Crippen molar-refractivity contribution in [2.24, 2.45) is 5.92 Å². The van der Waals surface area contributed by atoms with Crippen molar-refractivity contribution in [3.63, 3.8) is 0 Å². The van der Waals surface area contributed by atoms with Crippen molar-refractivity contribution in [1.82, 2.24) is 0 Å². The van der Waals surface area contributed by atoms with Crippen LogP contribution in [0.4, 0.5) is 4.39 Å². The summed E-state index contributed by atoms with van der Waals surface area (Å²) in [7, 11) is 0. The average molecular weight is 259 g/mol. The Labute approximate surface area is 91.4 Å². The molecule has 0 spiro atoms. The Bertz CT molecular complexity index is 323. The van der Waals surface area contributed by atoms with E-state index in [-0.39, 0.29) is 5.82 Å². The largest absolute Gasteiger partial charge is 0.492 e. The highest BCUT2D eigenvalue weighted by Gasteiger charge is 2.18. The molecule has 76 valence electrons. The molecule has 1 fully saturated rings. The van der Waals surface area contributed by atoms with Gasteiger partial charge >= 0.3 is 0 Å². The van der Waals surface area contributed by atoms with Gasteiger partial charge in [-0.1, -0.05) is 6.42 Å². The van der Waals surface area contributed by atoms with Crippen molar-refractivity contribution >= 4 is 15.9 Å². The lowest BCUT2D eigenvalue weighted by atomic mass is 9.86. The number of hydrogen-bond donors (Lipinski definition) is 0. The van der Waals surface area contributed by atoms with Crippen LogP contribution in [-0.2, 0) is 0 Å². The lowest BCUT2D eigenvalue weighted by molar-refractivity contribution is 0.179. The van der Waals surface area contributed by atoms with E-state index in [2.05, 4.69) is 15.9 Å². The first-order chi connectivity index (χ1) is 6.75. The zero-order chi connectivity index (χ0) is 9.97. The summed E-state index contributed by atoms with van der Waals surface area (Å²) in [4.78, 5) is 0. The second-order valence-corrected chi connectivity index (χ2v) is 4.54. The molecular weight excluding hydrogens is 247 g/mol. The molecule has 0 bridgehead atoms. The van der Waals surface area contributed by atoms with E-state index in [0.717, 1.165) is 4.47 Å². The van der Waals surface area contributed by atoms with Gasteiger partial charge in [-0.25, -0.2) is 4.39 Å². The number of benzene rings is 1. The van der Waals surface area contributed by atoms with Crippen LogP contribution >= 0.6 is 15.9 Å². The Morgan fingerprint density at radius 1 is 1.43 bits per heavy atom. The summed E-state index contributed by atoms with van der Waals surface area (Å²) in [6.45, 7) is 0.710. The molecule has 0 unspecified atom stereocenters. The van der Waals surface area contributed by atoms with Crippen molar-refractivity contribution in [2.75, 3.05) is 6.61 Å². The lowest BCUT2D eigenvalue weighted by Crippen LogP contribution is -2.19. The van der Waals surface area contributed by atoms with Crippen LogP contribution in [0.15, 0.2) is 22.7 Å². The van der Waals surface area contributed by atoms with Gasteiger partial charge in [-0.05, 0) is 46.8 Å². The number of hydrogen-bond acceptors (Lipinski definition) is 1. The molecule has 1 aromatic rings. The van der Waals surface area contributed by atoms with E-state index in [9.17, 15) is 4.39 Å². The standard InChI is InChI=1S/C11H12BrFO/c12-10-5-4-9(13)6-11(10)14-7-8-2-1-3-8/h4-6,8H,1-3,7H2. The van der Waals surface area contributed by atoms with Crippen LogP contribution in [0.2, 0.25) is 0 Å². The van der Waals surface area contributed by atoms with Crippen molar-refractivity contribution < 1.29 is 9.13 Å². The molecule has 3 heteroatoms. The second kappa shape index (κ2) is 4.30. The van der Waals surface area contributed by atoms with E-state index in [4.69, 9.17) is 4.74 Å². The smallest absolute Gasteiger partial charge is 0.136 e. The molecular formula is C11H12BrFO. The van der Waals surface area contributed by atoms with E-state index in [1.807, 2.05) is 0 Å². The summed E-state index contributed by atoms with van der Waals surface area (Å²) in [6.07, 6.45) is 3.79. The maximum absolute atomic E-state index is 12.9. The van der Waals surface area contributed by atoms with Gasteiger partial charge < -0.3 is 4.74 Å². The molecule has 0 radical (unpaired) electrons. The lowest BCUT2D eigenvalue weighted by Gasteiger charge is -2.25. The van der Waals surface area contributed by atoms with E-state index in [0.29, 0.717) is 18.3 Å². The first kappa shape index (κ1) is 9.97. The third kappa shape index (κ3) is 2.27. The summed E-state index contributed by atoms with van der Waals surface area (Å²) < 4.78 is 19.2. The zero-order valence-electron chi connectivity index (χ0n) is 7.80. The predicted molar refractivity (Wildman–Crippen MR) is 56.9 cm³/mol. The van der Waals surface area contributed by atoms with E-state index >= 15 is 0 Å². The molecule has 0 amide bonds. The fourth-order valence-electron chi connectivity index (χ4n) is 1.45. The monoisotopic (exact) mass is 258 g/mol. The van der Waals surface area contributed by atoms with Gasteiger partial charge in [0.05, 0.1) is 11.1 Å². The van der Waals surface area contributed by atoms with Crippen LogP contribution in [0.3, 0.4) is 0 Å². The summed E-state index contributed by atoms with van der Waals surface area (Å²) in [5, 5.41) is 0. The first-order valence-electron chi connectivity index (χ1n) is 4.83. The Hall–Kier alpha value is -0.570. The highest BCUT2D eigenvalue weighted by molar-refractivity contribution is 9.10. The van der Waals surface area contributed by atoms with Crippen LogP contribution in [0.5, 0.6) is 5.75 Å². The number of rotatable bonds is 3. The molecule has 1 aromatic carbocycles. The topological polar surface area (TPSA) is 9.23 Å². The SMILES string of the molecule is Fc1ccc(Br)c(OCC2CCC2)c1. The Balaban J connectivity index is 1.96. The average Bonchev–Trinajstić information content (AvgIpc) is 2.08. The van der Waals surface area contributed by atoms with Crippen LogP contribution in [-0.4, -0.2) is 6.61 Å². The molecule has 0 aliphatic heterocycles. The fourth-order valence-corrected chi connectivity index (χ4v) is 1.82. The van der Waals surface area contributed by atoms with Gasteiger partial charge in [0.15, 0.2) is 0 Å². The van der Waals surface area contributed by atoms with Crippen molar-refractivity contribution in [1.29, 1.82) is 0 Å². The summed E-state index contributed by atoms with van der Waals surface area (Å²) in [6, 6.07) is 4.51. The molecule has 1 saturated carbocycles. The van der Waals surface area contributed by atoms with Crippen molar-refractivity contribution in [3.8, 4) is 5.75 Å². The normalized spacial score (nSPS) is 16.4. The first-order valence-corrected chi connectivity index (χ1v) is 5.63. The van der Waals surface area contributed by atoms with E-state index < -0.39 is 0 Å². The number of ether oxygens (including phenoxy) is 1. The van der Waals surface area contributed by atoms with Crippen molar-refractivity contribution in [2.45, 2.75) is 19.3 Å². The minimum Gasteiger partial charge on any atom is -0.492 e. The third-order valence-electron chi connectivity index (χ3n) is 2.59. The van der Waals surface area contributed by atoms with Gasteiger partial charge in [-0.15, -0.1) is 0 Å². The molecule has 2 rings (SSSR count). The van der Waals surface area contributed by atoms with Crippen LogP contribution < -0.4 is 4.74 Å². The predicted octanol–water partition coefficient (Wildman–Crippen LogP) is 3.77. The highest BCUT2D eigenvalue weighted by atomic mass is 79.9. The molecule has 0 aromatic heterocycles. The molecule has 1 aliphatic carbocycles. The zero-order valence-corrected chi connectivity index (χ0v) is 9.39. The van der Waals surface area contributed by atoms with Gasteiger partial charge in [-0.3, -0.25) is 0 Å². The minimum atomic E-state index is -0.253. The van der Waals surface area contributed by atoms with E-state index in [1.165, 1.54) is 31.4 Å². The quantitative estimate of drug-likeness (QED) is 0.802. The maximum Gasteiger partial charge on any atom is 0.136 e. The van der Waals surface area contributed by atoms with E-state index in [1.54, 1.807) is 6.07 Å². The molecule has 14 heavy (non-hydrogen) atoms. The molecule has 1 nitrogen and oxygen atoms in total. The van der Waals surface area contributed by atoms with Crippen LogP contribution in [0.25, 0.3) is 0 Å². The maximum atomic E-state index is 12.9. The molecule has 1 aliphatic rings. The fraction of sp³-hybridized carbons (Fsp3) is 0.455. The molecule has 0 saturated heterocycles. The summed E-state index contributed by atoms with van der Waals surface area (Å²) in [5.41, 5.74) is 0. The third-order valence-corrected chi connectivity index (χ3v) is 3.25. The Kier molecular flexibility index (Phi) is 3.06. The highest BCUT2D eigenvalue weighted by Crippen LogP contribution is 2.30. The molecule has 0 heterocycles. The summed E-state index contributed by atoms with van der Waals surface area (Å²) >= 11 is 3.33. The molecule has 0 atom stereocenters. The van der Waals surface area contributed by atoms with Crippen molar-refractivity contribution in [3.05, 3.63) is 28.5 Å². The number of halogens is 2. The van der Waals surface area contributed by atoms with Crippen LogP contribution in [0, 0.1) is 11.7 Å². The van der Waals surface area contributed by atoms with Gasteiger partial charge in [-0.2, -0.15) is 0 Å². The van der Waals surface area contributed by atoms with Gasteiger partial charge in [0.25, 0.3) is 0 Å². The second-order valence-electron chi connectivity index (χ2n) is 3.68. The Morgan fingerprint density at radius 2 is 2.21 bits per heavy atom. The summed E-state index contributed by atoms with van der Waals surface area (Å²) in [5.74, 6) is 1.03. The molecule has 0 N–H and O–H groups in total. The Morgan fingerprint density at radius 3 is 2.86 bits per heavy atom.